The summed E-state index contributed by atoms with van der Waals surface area (Å²) in [4.78, 5) is 19.2. The van der Waals surface area contributed by atoms with Gasteiger partial charge in [0, 0.05) is 6.54 Å². The van der Waals surface area contributed by atoms with Gasteiger partial charge in [0.05, 0.1) is 7.11 Å². The third kappa shape index (κ3) is 3.47. The Kier molecular flexibility index (Phi) is 5.16. The van der Waals surface area contributed by atoms with Gasteiger partial charge >= 0.3 is 0 Å². The number of rotatable bonds is 7. The maximum Gasteiger partial charge on any atom is 0.239 e. The molecule has 1 heterocycles. The lowest BCUT2D eigenvalue weighted by Crippen LogP contribution is -2.33. The van der Waals surface area contributed by atoms with Crippen LogP contribution in [-0.4, -0.2) is 35.6 Å². The molecule has 0 fully saturated rings. The first-order valence-electron chi connectivity index (χ1n) is 5.78. The van der Waals surface area contributed by atoms with Crippen molar-refractivity contribution in [2.75, 3.05) is 24.3 Å². The molecule has 0 radical (unpaired) electrons. The predicted molar refractivity (Wildman–Crippen MR) is 69.6 cm³/mol. The van der Waals surface area contributed by atoms with E-state index in [0.717, 1.165) is 13.0 Å². The average Bonchev–Trinajstić information content (AvgIpc) is 2.36. The first-order chi connectivity index (χ1) is 8.60. The third-order valence-electron chi connectivity index (χ3n) is 2.33. The van der Waals surface area contributed by atoms with Gasteiger partial charge in [0.1, 0.15) is 12.4 Å². The zero-order valence-corrected chi connectivity index (χ0v) is 10.9. The number of carbonyl (C=O) groups is 1. The fourth-order valence-electron chi connectivity index (χ4n) is 1.32. The molecule has 0 aliphatic heterocycles. The molecule has 7 heteroatoms. The number of carbonyl (C=O) groups excluding carboxylic acids is 1. The first-order valence-corrected chi connectivity index (χ1v) is 5.78. The first kappa shape index (κ1) is 14.0. The summed E-state index contributed by atoms with van der Waals surface area (Å²) in [6.45, 7) is 4.48. The van der Waals surface area contributed by atoms with E-state index in [1.165, 1.54) is 13.4 Å². The van der Waals surface area contributed by atoms with Crippen LogP contribution in [0.4, 0.5) is 11.6 Å². The minimum Gasteiger partial charge on any atom is -0.490 e. The highest BCUT2D eigenvalue weighted by Gasteiger charge is 2.16. The Morgan fingerprint density at radius 2 is 2.17 bits per heavy atom. The van der Waals surface area contributed by atoms with E-state index >= 15 is 0 Å². The lowest BCUT2D eigenvalue weighted by Gasteiger charge is -2.16. The largest absolute Gasteiger partial charge is 0.490 e. The zero-order valence-electron chi connectivity index (χ0n) is 10.9. The molecule has 0 saturated heterocycles. The van der Waals surface area contributed by atoms with E-state index in [9.17, 15) is 4.79 Å². The molecule has 0 aliphatic carbocycles. The molecule has 1 amide bonds. The predicted octanol–water partition coefficient (Wildman–Crippen LogP) is 0.593. The molecule has 0 spiro atoms. The van der Waals surface area contributed by atoms with Gasteiger partial charge < -0.3 is 21.1 Å². The van der Waals surface area contributed by atoms with E-state index in [0.29, 0.717) is 17.4 Å². The van der Waals surface area contributed by atoms with Crippen molar-refractivity contribution < 1.29 is 9.53 Å². The van der Waals surface area contributed by atoms with Gasteiger partial charge in [-0.3, -0.25) is 4.79 Å². The lowest BCUT2D eigenvalue weighted by molar-refractivity contribution is -0.118. The van der Waals surface area contributed by atoms with Crippen molar-refractivity contribution >= 4 is 17.5 Å². The SMILES string of the molecule is CCCNc1ncnc(NC(C)C(N)=O)c1OC. The molecule has 100 valence electrons. The van der Waals surface area contributed by atoms with E-state index in [1.54, 1.807) is 6.92 Å². The van der Waals surface area contributed by atoms with Crippen molar-refractivity contribution in [1.82, 2.24) is 9.97 Å². The summed E-state index contributed by atoms with van der Waals surface area (Å²) in [5, 5.41) is 6.01. The smallest absolute Gasteiger partial charge is 0.239 e. The Balaban J connectivity index is 2.93. The average molecular weight is 253 g/mol. The summed E-state index contributed by atoms with van der Waals surface area (Å²) in [5.41, 5.74) is 5.19. The van der Waals surface area contributed by atoms with Gasteiger partial charge in [-0.15, -0.1) is 0 Å². The van der Waals surface area contributed by atoms with E-state index in [1.807, 2.05) is 0 Å². The van der Waals surface area contributed by atoms with Crippen molar-refractivity contribution in [2.24, 2.45) is 5.73 Å². The van der Waals surface area contributed by atoms with Crippen LogP contribution in [0.1, 0.15) is 20.3 Å². The monoisotopic (exact) mass is 253 g/mol. The Morgan fingerprint density at radius 3 is 2.72 bits per heavy atom. The van der Waals surface area contributed by atoms with Gasteiger partial charge in [0.25, 0.3) is 0 Å². The summed E-state index contributed by atoms with van der Waals surface area (Å²) in [6, 6.07) is -0.534. The number of amides is 1. The summed E-state index contributed by atoms with van der Waals surface area (Å²) in [5.74, 6) is 1.05. The maximum atomic E-state index is 11.0. The van der Waals surface area contributed by atoms with Crippen LogP contribution in [0.3, 0.4) is 0 Å². The highest BCUT2D eigenvalue weighted by molar-refractivity contribution is 5.83. The van der Waals surface area contributed by atoms with Gasteiger partial charge in [-0.2, -0.15) is 0 Å². The standard InChI is InChI=1S/C11H19N5O2/c1-4-5-13-10-8(18-3)11(15-6-14-10)16-7(2)9(12)17/h6-7H,4-5H2,1-3H3,(H2,12,17)(H2,13,14,15,16). The number of aromatic nitrogens is 2. The van der Waals surface area contributed by atoms with Crippen LogP contribution < -0.4 is 21.1 Å². The summed E-state index contributed by atoms with van der Waals surface area (Å²) in [6.07, 6.45) is 2.37. The minimum absolute atomic E-state index is 0.442. The van der Waals surface area contributed by atoms with Gasteiger partial charge in [-0.05, 0) is 13.3 Å². The molecule has 1 aromatic heterocycles. The van der Waals surface area contributed by atoms with Gasteiger partial charge in [-0.1, -0.05) is 6.92 Å². The van der Waals surface area contributed by atoms with Crippen LogP contribution in [0.15, 0.2) is 6.33 Å². The zero-order chi connectivity index (χ0) is 13.5. The van der Waals surface area contributed by atoms with Crippen molar-refractivity contribution in [1.29, 1.82) is 0 Å². The quantitative estimate of drug-likeness (QED) is 0.657. The molecule has 7 nitrogen and oxygen atoms in total. The van der Waals surface area contributed by atoms with Gasteiger partial charge in [0.2, 0.25) is 11.7 Å². The molecule has 0 aliphatic rings. The molecule has 1 aromatic rings. The van der Waals surface area contributed by atoms with Crippen LogP contribution in [0.2, 0.25) is 0 Å². The lowest BCUT2D eigenvalue weighted by atomic mass is 10.3. The molecule has 0 saturated carbocycles. The maximum absolute atomic E-state index is 11.0. The number of nitrogens with two attached hydrogens (primary N) is 1. The molecule has 0 aromatic carbocycles. The Hall–Kier alpha value is -2.05. The van der Waals surface area contributed by atoms with Gasteiger partial charge in [0.15, 0.2) is 11.6 Å². The van der Waals surface area contributed by atoms with Crippen LogP contribution in [0.5, 0.6) is 5.75 Å². The molecule has 1 atom stereocenters. The minimum atomic E-state index is -0.534. The van der Waals surface area contributed by atoms with Crippen molar-refractivity contribution in [2.45, 2.75) is 26.3 Å². The summed E-state index contributed by atoms with van der Waals surface area (Å²) >= 11 is 0. The second-order valence-electron chi connectivity index (χ2n) is 3.80. The van der Waals surface area contributed by atoms with E-state index in [2.05, 4.69) is 27.5 Å². The number of methoxy groups -OCH3 is 1. The van der Waals surface area contributed by atoms with E-state index in [4.69, 9.17) is 10.5 Å². The fourth-order valence-corrected chi connectivity index (χ4v) is 1.32. The van der Waals surface area contributed by atoms with Crippen molar-refractivity contribution in [3.63, 3.8) is 0 Å². The van der Waals surface area contributed by atoms with Crippen LogP contribution in [-0.2, 0) is 4.79 Å². The Morgan fingerprint density at radius 1 is 1.50 bits per heavy atom. The Bertz CT molecular complexity index is 410. The fraction of sp³-hybridized carbons (Fsp3) is 0.545. The van der Waals surface area contributed by atoms with E-state index in [-0.39, 0.29) is 0 Å². The molecular formula is C11H19N5O2. The highest BCUT2D eigenvalue weighted by Crippen LogP contribution is 2.29. The number of hydrogen-bond acceptors (Lipinski definition) is 6. The molecule has 4 N–H and O–H groups in total. The van der Waals surface area contributed by atoms with Gasteiger partial charge in [-0.25, -0.2) is 9.97 Å². The topological polar surface area (TPSA) is 102 Å². The molecular weight excluding hydrogens is 234 g/mol. The van der Waals surface area contributed by atoms with Crippen LogP contribution >= 0.6 is 0 Å². The summed E-state index contributed by atoms with van der Waals surface area (Å²) < 4.78 is 5.25. The molecule has 1 unspecified atom stereocenters. The number of ether oxygens (including phenoxy) is 1. The van der Waals surface area contributed by atoms with E-state index < -0.39 is 11.9 Å². The summed E-state index contributed by atoms with van der Waals surface area (Å²) in [7, 11) is 1.52. The molecule has 18 heavy (non-hydrogen) atoms. The Labute approximate surface area is 106 Å². The number of anilines is 2. The second-order valence-corrected chi connectivity index (χ2v) is 3.80. The third-order valence-corrected chi connectivity index (χ3v) is 2.33. The highest BCUT2D eigenvalue weighted by atomic mass is 16.5. The van der Waals surface area contributed by atoms with Crippen LogP contribution in [0.25, 0.3) is 0 Å². The number of hydrogen-bond donors (Lipinski definition) is 3. The van der Waals surface area contributed by atoms with Crippen LogP contribution in [0, 0.1) is 0 Å². The normalized spacial score (nSPS) is 11.7. The number of nitrogens with one attached hydrogen (secondary N) is 2. The van der Waals surface area contributed by atoms with Crippen molar-refractivity contribution in [3.8, 4) is 5.75 Å². The number of primary amides is 1. The molecule has 0 bridgehead atoms. The number of nitrogens with zero attached hydrogens (tertiary/aromatic N) is 2. The van der Waals surface area contributed by atoms with Crippen molar-refractivity contribution in [3.05, 3.63) is 6.33 Å². The molecule has 1 rings (SSSR count). The second kappa shape index (κ2) is 6.63.